The second kappa shape index (κ2) is 7.05. The van der Waals surface area contributed by atoms with Crippen LogP contribution in [0.15, 0.2) is 0 Å². The van der Waals surface area contributed by atoms with E-state index in [1.807, 2.05) is 0 Å². The van der Waals surface area contributed by atoms with Gasteiger partial charge in [0.25, 0.3) is 0 Å². The Kier molecular flexibility index (Phi) is 5.14. The quantitative estimate of drug-likeness (QED) is 0.773. The van der Waals surface area contributed by atoms with E-state index in [9.17, 15) is 0 Å². The normalized spacial score (nSPS) is 33.5. The van der Waals surface area contributed by atoms with E-state index in [-0.39, 0.29) is 0 Å². The highest BCUT2D eigenvalue weighted by atomic mass is 16.5. The van der Waals surface area contributed by atoms with Crippen molar-refractivity contribution >= 4 is 0 Å². The molecule has 3 heteroatoms. The molecule has 0 aromatic heterocycles. The third-order valence-corrected chi connectivity index (χ3v) is 5.33. The van der Waals surface area contributed by atoms with E-state index in [4.69, 9.17) is 4.74 Å². The third kappa shape index (κ3) is 3.71. The fourth-order valence-electron chi connectivity index (χ4n) is 4.20. The maximum Gasteiger partial charge on any atom is 0.0730 e. The molecule has 1 N–H and O–H groups in total. The molecule has 0 aromatic carbocycles. The summed E-state index contributed by atoms with van der Waals surface area (Å²) in [4.78, 5) is 2.69. The SMILES string of the molecule is C1CCC(CNCCN2CCOC3CCCCC32)C1. The van der Waals surface area contributed by atoms with Gasteiger partial charge >= 0.3 is 0 Å². The average Bonchev–Trinajstić information content (AvgIpc) is 2.97. The summed E-state index contributed by atoms with van der Waals surface area (Å²) >= 11 is 0. The summed E-state index contributed by atoms with van der Waals surface area (Å²) in [5.74, 6) is 0.965. The highest BCUT2D eigenvalue weighted by Gasteiger charge is 2.33. The molecule has 3 nitrogen and oxygen atoms in total. The minimum atomic E-state index is 0.539. The van der Waals surface area contributed by atoms with Crippen LogP contribution in [0.25, 0.3) is 0 Å². The van der Waals surface area contributed by atoms with Gasteiger partial charge in [0.1, 0.15) is 0 Å². The number of hydrogen-bond acceptors (Lipinski definition) is 3. The van der Waals surface area contributed by atoms with Crippen molar-refractivity contribution in [2.24, 2.45) is 5.92 Å². The molecule has 3 aliphatic rings. The molecule has 3 fully saturated rings. The van der Waals surface area contributed by atoms with Crippen LogP contribution in [-0.4, -0.2) is 49.8 Å². The minimum absolute atomic E-state index is 0.539. The number of fused-ring (bicyclic) bond motifs is 1. The smallest absolute Gasteiger partial charge is 0.0730 e. The van der Waals surface area contributed by atoms with Gasteiger partial charge < -0.3 is 10.1 Å². The van der Waals surface area contributed by atoms with Crippen molar-refractivity contribution in [1.82, 2.24) is 10.2 Å². The molecule has 0 spiro atoms. The first-order valence-electron chi connectivity index (χ1n) is 8.50. The molecule has 2 aliphatic carbocycles. The van der Waals surface area contributed by atoms with Gasteiger partial charge in [0.2, 0.25) is 0 Å². The second-order valence-electron chi connectivity index (χ2n) is 6.65. The molecule has 110 valence electrons. The number of ether oxygens (including phenoxy) is 1. The van der Waals surface area contributed by atoms with Crippen molar-refractivity contribution in [3.05, 3.63) is 0 Å². The Labute approximate surface area is 118 Å². The zero-order chi connectivity index (χ0) is 12.9. The molecule has 2 atom stereocenters. The summed E-state index contributed by atoms with van der Waals surface area (Å²) in [5, 5.41) is 3.69. The van der Waals surface area contributed by atoms with E-state index in [0.717, 1.165) is 25.1 Å². The predicted octanol–water partition coefficient (Wildman–Crippen LogP) is 2.41. The van der Waals surface area contributed by atoms with Crippen LogP contribution >= 0.6 is 0 Å². The lowest BCUT2D eigenvalue weighted by atomic mass is 9.90. The van der Waals surface area contributed by atoms with Crippen LogP contribution in [-0.2, 0) is 4.74 Å². The topological polar surface area (TPSA) is 24.5 Å². The van der Waals surface area contributed by atoms with E-state index in [1.165, 1.54) is 71.0 Å². The monoisotopic (exact) mass is 266 g/mol. The van der Waals surface area contributed by atoms with Crippen LogP contribution in [0.1, 0.15) is 51.4 Å². The zero-order valence-corrected chi connectivity index (χ0v) is 12.3. The van der Waals surface area contributed by atoms with E-state index >= 15 is 0 Å². The van der Waals surface area contributed by atoms with Gasteiger partial charge in [-0.3, -0.25) is 4.90 Å². The molecule has 3 rings (SSSR count). The Bertz CT molecular complexity index is 263. The van der Waals surface area contributed by atoms with Crippen LogP contribution in [0.5, 0.6) is 0 Å². The van der Waals surface area contributed by atoms with Crippen molar-refractivity contribution in [3.8, 4) is 0 Å². The Morgan fingerprint density at radius 2 is 1.79 bits per heavy atom. The Hall–Kier alpha value is -0.120. The van der Waals surface area contributed by atoms with Crippen molar-refractivity contribution in [3.63, 3.8) is 0 Å². The molecule has 2 saturated carbocycles. The summed E-state index contributed by atoms with van der Waals surface area (Å²) in [6.07, 6.45) is 11.8. The summed E-state index contributed by atoms with van der Waals surface area (Å²) < 4.78 is 5.94. The van der Waals surface area contributed by atoms with E-state index in [1.54, 1.807) is 0 Å². The largest absolute Gasteiger partial charge is 0.375 e. The zero-order valence-electron chi connectivity index (χ0n) is 12.3. The molecule has 0 aromatic rings. The number of morpholine rings is 1. The van der Waals surface area contributed by atoms with Crippen molar-refractivity contribution in [2.75, 3.05) is 32.8 Å². The van der Waals surface area contributed by atoms with Gasteiger partial charge in [-0.1, -0.05) is 25.7 Å². The van der Waals surface area contributed by atoms with Crippen LogP contribution in [0.4, 0.5) is 0 Å². The lowest BCUT2D eigenvalue weighted by Gasteiger charge is -2.43. The second-order valence-corrected chi connectivity index (χ2v) is 6.65. The standard InChI is InChI=1S/C16H30N2O/c1-2-6-14(5-1)13-17-9-10-18-11-12-19-16-8-4-3-7-15(16)18/h14-17H,1-13H2. The fourth-order valence-corrected chi connectivity index (χ4v) is 4.20. The highest BCUT2D eigenvalue weighted by Crippen LogP contribution is 2.28. The molecular weight excluding hydrogens is 236 g/mol. The Balaban J connectivity index is 1.36. The van der Waals surface area contributed by atoms with E-state index in [0.29, 0.717) is 6.10 Å². The van der Waals surface area contributed by atoms with Gasteiger partial charge in [0, 0.05) is 25.7 Å². The summed E-state index contributed by atoms with van der Waals surface area (Å²) in [5.41, 5.74) is 0. The highest BCUT2D eigenvalue weighted by molar-refractivity contribution is 4.87. The number of rotatable bonds is 5. The molecule has 19 heavy (non-hydrogen) atoms. The lowest BCUT2D eigenvalue weighted by Crippen LogP contribution is -2.54. The number of hydrogen-bond donors (Lipinski definition) is 1. The Morgan fingerprint density at radius 1 is 1.00 bits per heavy atom. The van der Waals surface area contributed by atoms with Crippen LogP contribution < -0.4 is 5.32 Å². The minimum Gasteiger partial charge on any atom is -0.375 e. The Morgan fingerprint density at radius 3 is 2.68 bits per heavy atom. The van der Waals surface area contributed by atoms with Gasteiger partial charge in [-0.2, -0.15) is 0 Å². The lowest BCUT2D eigenvalue weighted by molar-refractivity contribution is -0.0874. The molecule has 1 aliphatic heterocycles. The van der Waals surface area contributed by atoms with Crippen LogP contribution in [0.2, 0.25) is 0 Å². The maximum absolute atomic E-state index is 5.94. The fraction of sp³-hybridized carbons (Fsp3) is 1.00. The first-order valence-corrected chi connectivity index (χ1v) is 8.50. The molecule has 0 radical (unpaired) electrons. The average molecular weight is 266 g/mol. The first kappa shape index (κ1) is 13.8. The third-order valence-electron chi connectivity index (χ3n) is 5.33. The summed E-state index contributed by atoms with van der Waals surface area (Å²) in [6.45, 7) is 5.73. The molecule has 1 saturated heterocycles. The number of nitrogens with zero attached hydrogens (tertiary/aromatic N) is 1. The van der Waals surface area contributed by atoms with Crippen LogP contribution in [0.3, 0.4) is 0 Å². The van der Waals surface area contributed by atoms with Crippen molar-refractivity contribution in [2.45, 2.75) is 63.5 Å². The molecular formula is C16H30N2O. The summed E-state index contributed by atoms with van der Waals surface area (Å²) in [6, 6.07) is 0.718. The molecule has 1 heterocycles. The maximum atomic E-state index is 5.94. The van der Waals surface area contributed by atoms with Crippen LogP contribution in [0, 0.1) is 5.92 Å². The van der Waals surface area contributed by atoms with Gasteiger partial charge in [-0.25, -0.2) is 0 Å². The van der Waals surface area contributed by atoms with Gasteiger partial charge in [0.05, 0.1) is 12.7 Å². The number of nitrogens with one attached hydrogen (secondary N) is 1. The van der Waals surface area contributed by atoms with Crippen molar-refractivity contribution < 1.29 is 4.74 Å². The van der Waals surface area contributed by atoms with Gasteiger partial charge in [-0.05, 0) is 38.1 Å². The van der Waals surface area contributed by atoms with Gasteiger partial charge in [0.15, 0.2) is 0 Å². The van der Waals surface area contributed by atoms with E-state index in [2.05, 4.69) is 10.2 Å². The van der Waals surface area contributed by atoms with Gasteiger partial charge in [-0.15, -0.1) is 0 Å². The van der Waals surface area contributed by atoms with Crippen molar-refractivity contribution in [1.29, 1.82) is 0 Å². The molecule has 0 bridgehead atoms. The van der Waals surface area contributed by atoms with E-state index < -0.39 is 0 Å². The molecule has 2 unspecified atom stereocenters. The summed E-state index contributed by atoms with van der Waals surface area (Å²) in [7, 11) is 0. The predicted molar refractivity (Wildman–Crippen MR) is 78.4 cm³/mol. The molecule has 0 amide bonds. The first-order chi connectivity index (χ1) is 9.43.